The highest BCUT2D eigenvalue weighted by molar-refractivity contribution is 4.84. The largest absolute Gasteiger partial charge is 0.329 e. The molecule has 116 valence electrons. The van der Waals surface area contributed by atoms with Crippen LogP contribution in [0.3, 0.4) is 0 Å². The van der Waals surface area contributed by atoms with Gasteiger partial charge in [-0.1, -0.05) is 65.2 Å². The molecule has 0 aliphatic heterocycles. The molecule has 2 heteroatoms. The molecule has 19 heavy (non-hydrogen) atoms. The average molecular weight is 271 g/mol. The molecule has 0 aliphatic carbocycles. The van der Waals surface area contributed by atoms with Gasteiger partial charge in [0.2, 0.25) is 0 Å². The molecule has 0 fully saturated rings. The molecule has 0 unspecified atom stereocenters. The molecule has 0 amide bonds. The highest BCUT2D eigenvalue weighted by Crippen LogP contribution is 2.27. The summed E-state index contributed by atoms with van der Waals surface area (Å²) in [6.07, 6.45) is 13.6. The summed E-state index contributed by atoms with van der Waals surface area (Å²) in [6, 6.07) is 0. The van der Waals surface area contributed by atoms with E-state index in [1.54, 1.807) is 0 Å². The smallest absolute Gasteiger partial charge is 0.0178 e. The van der Waals surface area contributed by atoms with Gasteiger partial charge < -0.3 is 5.73 Å². The molecular formula is C17H38N2. The number of likely N-dealkylation sites (N-methyl/N-ethyl adjacent to an activating group) is 1. The van der Waals surface area contributed by atoms with Crippen molar-refractivity contribution in [1.29, 1.82) is 0 Å². The number of nitrogens with two attached hydrogens (primary N) is 1. The van der Waals surface area contributed by atoms with Gasteiger partial charge in [0.05, 0.1) is 0 Å². The van der Waals surface area contributed by atoms with Crippen LogP contribution in [-0.4, -0.2) is 30.6 Å². The maximum atomic E-state index is 5.74. The Morgan fingerprint density at radius 1 is 0.842 bits per heavy atom. The van der Waals surface area contributed by atoms with E-state index >= 15 is 0 Å². The van der Waals surface area contributed by atoms with Crippen LogP contribution in [0.15, 0.2) is 0 Å². The van der Waals surface area contributed by atoms with Gasteiger partial charge >= 0.3 is 0 Å². The average Bonchev–Trinajstić information content (AvgIpc) is 2.40. The van der Waals surface area contributed by atoms with Crippen molar-refractivity contribution in [3.05, 3.63) is 0 Å². The maximum absolute atomic E-state index is 5.74. The van der Waals surface area contributed by atoms with Crippen LogP contribution in [0.2, 0.25) is 0 Å². The second-order valence-electron chi connectivity index (χ2n) is 6.33. The van der Waals surface area contributed by atoms with Crippen LogP contribution < -0.4 is 5.73 Å². The summed E-state index contributed by atoms with van der Waals surface area (Å²) in [5.74, 6) is 0. The van der Waals surface area contributed by atoms with E-state index in [0.29, 0.717) is 5.54 Å². The lowest BCUT2D eigenvalue weighted by Gasteiger charge is -2.39. The first-order chi connectivity index (χ1) is 9.10. The summed E-state index contributed by atoms with van der Waals surface area (Å²) in [6.45, 7) is 8.81. The van der Waals surface area contributed by atoms with E-state index in [4.69, 9.17) is 5.73 Å². The Balaban J connectivity index is 4.18. The summed E-state index contributed by atoms with van der Waals surface area (Å²) in [5, 5.41) is 0. The van der Waals surface area contributed by atoms with Crippen molar-refractivity contribution in [2.24, 2.45) is 5.73 Å². The first-order valence-electron chi connectivity index (χ1n) is 8.52. The predicted octanol–water partition coefficient (Wildman–Crippen LogP) is 4.58. The van der Waals surface area contributed by atoms with Crippen molar-refractivity contribution in [1.82, 2.24) is 4.90 Å². The predicted molar refractivity (Wildman–Crippen MR) is 87.6 cm³/mol. The van der Waals surface area contributed by atoms with Crippen LogP contribution in [0.5, 0.6) is 0 Å². The van der Waals surface area contributed by atoms with Gasteiger partial charge in [0.25, 0.3) is 0 Å². The number of unbranched alkanes of at least 4 members (excludes halogenated alkanes) is 6. The van der Waals surface area contributed by atoms with Crippen molar-refractivity contribution in [3.63, 3.8) is 0 Å². The minimum absolute atomic E-state index is 0.362. The fraction of sp³-hybridized carbons (Fsp3) is 1.00. The highest BCUT2D eigenvalue weighted by atomic mass is 15.2. The molecule has 0 aromatic carbocycles. The first-order valence-corrected chi connectivity index (χ1v) is 8.52. The molecule has 0 bridgehead atoms. The van der Waals surface area contributed by atoms with Gasteiger partial charge in [0, 0.05) is 18.6 Å². The lowest BCUT2D eigenvalue weighted by molar-refractivity contribution is 0.112. The minimum Gasteiger partial charge on any atom is -0.329 e. The minimum atomic E-state index is 0.362. The Labute approximate surface area is 122 Å². The van der Waals surface area contributed by atoms with Gasteiger partial charge in [-0.2, -0.15) is 0 Å². The van der Waals surface area contributed by atoms with Crippen LogP contribution in [-0.2, 0) is 0 Å². The third-order valence-electron chi connectivity index (χ3n) is 4.52. The van der Waals surface area contributed by atoms with Crippen molar-refractivity contribution in [3.8, 4) is 0 Å². The van der Waals surface area contributed by atoms with E-state index in [-0.39, 0.29) is 0 Å². The fourth-order valence-electron chi connectivity index (χ4n) is 2.84. The van der Waals surface area contributed by atoms with Crippen LogP contribution in [0.1, 0.15) is 85.0 Å². The molecule has 0 saturated heterocycles. The third kappa shape index (κ3) is 8.65. The molecule has 0 aliphatic rings. The molecule has 0 rings (SSSR count). The summed E-state index contributed by atoms with van der Waals surface area (Å²) < 4.78 is 0. The van der Waals surface area contributed by atoms with E-state index in [2.05, 4.69) is 32.7 Å². The molecule has 0 radical (unpaired) electrons. The SMILES string of the molecule is CCCCCCC(C)(CCCCCC)N(C)CCN. The molecule has 0 saturated carbocycles. The molecule has 0 aromatic rings. The molecule has 2 N–H and O–H groups in total. The normalized spacial score (nSPS) is 12.3. The standard InChI is InChI=1S/C17H38N2/c1-5-7-9-11-13-17(3,19(4)16-15-18)14-12-10-8-6-2/h5-16,18H2,1-4H3. The summed E-state index contributed by atoms with van der Waals surface area (Å²) in [4.78, 5) is 2.50. The third-order valence-corrected chi connectivity index (χ3v) is 4.52. The van der Waals surface area contributed by atoms with Gasteiger partial charge in [-0.3, -0.25) is 4.90 Å². The Morgan fingerprint density at radius 2 is 1.32 bits per heavy atom. The zero-order valence-corrected chi connectivity index (χ0v) is 14.0. The van der Waals surface area contributed by atoms with Gasteiger partial charge in [-0.25, -0.2) is 0 Å². The van der Waals surface area contributed by atoms with Gasteiger partial charge in [-0.05, 0) is 26.8 Å². The lowest BCUT2D eigenvalue weighted by Crippen LogP contribution is -2.46. The molecular weight excluding hydrogens is 232 g/mol. The molecule has 2 nitrogen and oxygen atoms in total. The summed E-state index contributed by atoms with van der Waals surface area (Å²) in [7, 11) is 2.26. The van der Waals surface area contributed by atoms with Crippen LogP contribution in [0.25, 0.3) is 0 Å². The van der Waals surface area contributed by atoms with Crippen LogP contribution >= 0.6 is 0 Å². The molecule has 0 aromatic heterocycles. The van der Waals surface area contributed by atoms with E-state index in [1.807, 2.05) is 0 Å². The Hall–Kier alpha value is -0.0800. The second kappa shape index (κ2) is 11.7. The molecule has 0 heterocycles. The van der Waals surface area contributed by atoms with E-state index in [1.165, 1.54) is 64.2 Å². The summed E-state index contributed by atoms with van der Waals surface area (Å²) >= 11 is 0. The van der Waals surface area contributed by atoms with Crippen LogP contribution in [0.4, 0.5) is 0 Å². The molecule has 0 spiro atoms. The maximum Gasteiger partial charge on any atom is 0.0178 e. The number of rotatable bonds is 13. The monoisotopic (exact) mass is 270 g/mol. The number of hydrogen-bond acceptors (Lipinski definition) is 2. The first kappa shape index (κ1) is 18.9. The topological polar surface area (TPSA) is 29.3 Å². The second-order valence-corrected chi connectivity index (χ2v) is 6.33. The van der Waals surface area contributed by atoms with Crippen molar-refractivity contribution in [2.75, 3.05) is 20.1 Å². The number of hydrogen-bond donors (Lipinski definition) is 1. The zero-order chi connectivity index (χ0) is 14.6. The van der Waals surface area contributed by atoms with E-state index in [0.717, 1.165) is 13.1 Å². The van der Waals surface area contributed by atoms with E-state index < -0.39 is 0 Å². The van der Waals surface area contributed by atoms with Crippen molar-refractivity contribution in [2.45, 2.75) is 90.5 Å². The lowest BCUT2D eigenvalue weighted by atomic mass is 9.86. The van der Waals surface area contributed by atoms with Gasteiger partial charge in [-0.15, -0.1) is 0 Å². The molecule has 0 atom stereocenters. The summed E-state index contributed by atoms with van der Waals surface area (Å²) in [5.41, 5.74) is 6.10. The van der Waals surface area contributed by atoms with E-state index in [9.17, 15) is 0 Å². The van der Waals surface area contributed by atoms with Gasteiger partial charge in [0.1, 0.15) is 0 Å². The highest BCUT2D eigenvalue weighted by Gasteiger charge is 2.27. The Kier molecular flexibility index (Phi) is 11.7. The Bertz CT molecular complexity index is 180. The zero-order valence-electron chi connectivity index (χ0n) is 14.0. The number of nitrogens with zero attached hydrogens (tertiary/aromatic N) is 1. The fourth-order valence-corrected chi connectivity index (χ4v) is 2.84. The van der Waals surface area contributed by atoms with Gasteiger partial charge in [0.15, 0.2) is 0 Å². The van der Waals surface area contributed by atoms with Crippen LogP contribution in [0, 0.1) is 0 Å². The Morgan fingerprint density at radius 3 is 1.68 bits per heavy atom. The van der Waals surface area contributed by atoms with Crippen molar-refractivity contribution < 1.29 is 0 Å². The quantitative estimate of drug-likeness (QED) is 0.496. The van der Waals surface area contributed by atoms with Crippen molar-refractivity contribution >= 4 is 0 Å².